The summed E-state index contributed by atoms with van der Waals surface area (Å²) in [5.41, 5.74) is 0.384. The molecule has 1 aromatic carbocycles. The second-order valence-electron chi connectivity index (χ2n) is 3.39. The van der Waals surface area contributed by atoms with Crippen LogP contribution in [0.5, 0.6) is 11.5 Å². The molecule has 84 valence electrons. The largest absolute Gasteiger partial charge is 0.504 e. The smallest absolute Gasteiger partial charge is 0.316 e. The van der Waals surface area contributed by atoms with E-state index in [0.29, 0.717) is 18.8 Å². The van der Waals surface area contributed by atoms with Crippen LogP contribution >= 0.6 is 0 Å². The van der Waals surface area contributed by atoms with Crippen molar-refractivity contribution in [2.45, 2.75) is 0 Å². The van der Waals surface area contributed by atoms with Gasteiger partial charge in [-0.25, -0.2) is 0 Å². The molecule has 0 aliphatic carbocycles. The first-order chi connectivity index (χ1) is 7.59. The summed E-state index contributed by atoms with van der Waals surface area (Å²) in [6, 6.07) is 3.97. The van der Waals surface area contributed by atoms with E-state index in [1.807, 2.05) is 0 Å². The van der Waals surface area contributed by atoms with Crippen LogP contribution < -0.4 is 10.2 Å². The predicted molar refractivity (Wildman–Crippen MR) is 55.1 cm³/mol. The molecule has 2 rings (SSSR count). The second kappa shape index (κ2) is 3.73. The quantitative estimate of drug-likeness (QED) is 0.444. The van der Waals surface area contributed by atoms with Crippen molar-refractivity contribution in [3.63, 3.8) is 0 Å². The van der Waals surface area contributed by atoms with Gasteiger partial charge in [0.25, 0.3) is 0 Å². The predicted octanol–water partition coefficient (Wildman–Crippen LogP) is -0.439. The fourth-order valence-corrected chi connectivity index (χ4v) is 1.51. The van der Waals surface area contributed by atoms with Crippen molar-refractivity contribution in [3.8, 4) is 11.5 Å². The molecule has 3 N–H and O–H groups in total. The van der Waals surface area contributed by atoms with Crippen molar-refractivity contribution in [3.05, 3.63) is 18.2 Å². The van der Waals surface area contributed by atoms with Gasteiger partial charge in [0.1, 0.15) is 0 Å². The van der Waals surface area contributed by atoms with Crippen molar-refractivity contribution in [1.29, 1.82) is 0 Å². The lowest BCUT2D eigenvalue weighted by atomic mass is 10.2. The Hall–Kier alpha value is -2.24. The van der Waals surface area contributed by atoms with Crippen molar-refractivity contribution in [1.82, 2.24) is 5.32 Å². The van der Waals surface area contributed by atoms with Crippen LogP contribution in [-0.2, 0) is 9.59 Å². The minimum Gasteiger partial charge on any atom is -0.504 e. The Bertz CT molecular complexity index is 458. The molecule has 0 spiro atoms. The SMILES string of the molecule is O=C1NCCN(c2ccc(O)c(O)c2)C1=O. The molecule has 1 aromatic rings. The number of phenolic OH excluding ortho intramolecular Hbond substituents is 2. The molecule has 0 atom stereocenters. The van der Waals surface area contributed by atoms with Crippen LogP contribution in [0.25, 0.3) is 0 Å². The third-order valence-electron chi connectivity index (χ3n) is 2.33. The Kier molecular flexibility index (Phi) is 2.40. The number of piperazine rings is 1. The number of amides is 2. The van der Waals surface area contributed by atoms with Crippen LogP contribution in [0.3, 0.4) is 0 Å². The van der Waals surface area contributed by atoms with E-state index in [1.165, 1.54) is 23.1 Å². The normalized spacial score (nSPS) is 16.1. The van der Waals surface area contributed by atoms with E-state index in [1.54, 1.807) is 0 Å². The molecule has 0 radical (unpaired) electrons. The summed E-state index contributed by atoms with van der Waals surface area (Å²) in [4.78, 5) is 23.9. The molecule has 0 aromatic heterocycles. The molecule has 1 saturated heterocycles. The average Bonchev–Trinajstić information content (AvgIpc) is 2.26. The maximum Gasteiger partial charge on any atom is 0.316 e. The Balaban J connectivity index is 2.32. The second-order valence-corrected chi connectivity index (χ2v) is 3.39. The van der Waals surface area contributed by atoms with E-state index in [-0.39, 0.29) is 11.5 Å². The highest BCUT2D eigenvalue weighted by molar-refractivity contribution is 6.41. The summed E-state index contributed by atoms with van der Waals surface area (Å²) in [5.74, 6) is -1.93. The zero-order valence-corrected chi connectivity index (χ0v) is 8.30. The number of carbonyl (C=O) groups excluding carboxylic acids is 2. The maximum absolute atomic E-state index is 11.5. The first-order valence-corrected chi connectivity index (χ1v) is 4.71. The fourth-order valence-electron chi connectivity index (χ4n) is 1.51. The molecule has 1 aliphatic rings. The summed E-state index contributed by atoms with van der Waals surface area (Å²) in [6.07, 6.45) is 0. The van der Waals surface area contributed by atoms with Gasteiger partial charge in [-0.2, -0.15) is 0 Å². The molecule has 6 heteroatoms. The van der Waals surface area contributed by atoms with Crippen molar-refractivity contribution >= 4 is 17.5 Å². The number of aromatic hydroxyl groups is 2. The van der Waals surface area contributed by atoms with E-state index < -0.39 is 11.8 Å². The number of benzene rings is 1. The highest BCUT2D eigenvalue weighted by Gasteiger charge is 2.27. The summed E-state index contributed by atoms with van der Waals surface area (Å²) in [6.45, 7) is 0.709. The zero-order chi connectivity index (χ0) is 11.7. The van der Waals surface area contributed by atoms with E-state index in [9.17, 15) is 14.7 Å². The number of hydrogen-bond donors (Lipinski definition) is 3. The maximum atomic E-state index is 11.5. The molecular formula is C10H10N2O4. The highest BCUT2D eigenvalue weighted by Crippen LogP contribution is 2.29. The Morgan fingerprint density at radius 1 is 1.19 bits per heavy atom. The summed E-state index contributed by atoms with van der Waals surface area (Å²) < 4.78 is 0. The first kappa shape index (κ1) is 10.3. The third kappa shape index (κ3) is 1.65. The van der Waals surface area contributed by atoms with Crippen LogP contribution in [0.15, 0.2) is 18.2 Å². The fraction of sp³-hybridized carbons (Fsp3) is 0.200. The van der Waals surface area contributed by atoms with Crippen molar-refractivity contribution in [2.24, 2.45) is 0 Å². The highest BCUT2D eigenvalue weighted by atomic mass is 16.3. The van der Waals surface area contributed by atoms with Gasteiger partial charge in [-0.05, 0) is 12.1 Å². The molecule has 1 aliphatic heterocycles. The molecule has 2 amide bonds. The van der Waals surface area contributed by atoms with E-state index in [4.69, 9.17) is 5.11 Å². The molecule has 16 heavy (non-hydrogen) atoms. The molecule has 0 bridgehead atoms. The summed E-state index contributed by atoms with van der Waals surface area (Å²) >= 11 is 0. The minimum atomic E-state index is -0.670. The minimum absolute atomic E-state index is 0.266. The number of nitrogens with one attached hydrogen (secondary N) is 1. The van der Waals surface area contributed by atoms with Gasteiger partial charge in [-0.1, -0.05) is 0 Å². The van der Waals surface area contributed by atoms with Gasteiger partial charge < -0.3 is 20.4 Å². The van der Waals surface area contributed by atoms with Crippen LogP contribution in [0.2, 0.25) is 0 Å². The van der Waals surface area contributed by atoms with Gasteiger partial charge in [0.05, 0.1) is 0 Å². The van der Waals surface area contributed by atoms with Gasteiger partial charge in [0, 0.05) is 24.8 Å². The molecular weight excluding hydrogens is 212 g/mol. The van der Waals surface area contributed by atoms with Gasteiger partial charge in [0.15, 0.2) is 11.5 Å². The number of nitrogens with zero attached hydrogens (tertiary/aromatic N) is 1. The third-order valence-corrected chi connectivity index (χ3v) is 2.33. The lowest BCUT2D eigenvalue weighted by Crippen LogP contribution is -2.52. The van der Waals surface area contributed by atoms with E-state index in [2.05, 4.69) is 5.32 Å². The van der Waals surface area contributed by atoms with E-state index in [0.717, 1.165) is 0 Å². The number of rotatable bonds is 1. The topological polar surface area (TPSA) is 89.9 Å². The lowest BCUT2D eigenvalue weighted by Gasteiger charge is -2.26. The van der Waals surface area contributed by atoms with Crippen LogP contribution in [0.4, 0.5) is 5.69 Å². The van der Waals surface area contributed by atoms with Gasteiger partial charge in [-0.3, -0.25) is 9.59 Å². The Morgan fingerprint density at radius 2 is 1.94 bits per heavy atom. The van der Waals surface area contributed by atoms with Crippen molar-refractivity contribution < 1.29 is 19.8 Å². The number of hydrogen-bond acceptors (Lipinski definition) is 4. The summed E-state index contributed by atoms with van der Waals surface area (Å²) in [5, 5.41) is 20.8. The number of anilines is 1. The molecule has 0 saturated carbocycles. The van der Waals surface area contributed by atoms with Gasteiger partial charge in [-0.15, -0.1) is 0 Å². The number of carbonyl (C=O) groups is 2. The van der Waals surface area contributed by atoms with Crippen molar-refractivity contribution in [2.75, 3.05) is 18.0 Å². The lowest BCUT2D eigenvalue weighted by molar-refractivity contribution is -0.138. The van der Waals surface area contributed by atoms with Gasteiger partial charge >= 0.3 is 11.8 Å². The molecule has 1 heterocycles. The van der Waals surface area contributed by atoms with E-state index >= 15 is 0 Å². The Morgan fingerprint density at radius 3 is 2.62 bits per heavy atom. The van der Waals surface area contributed by atoms with Gasteiger partial charge in [0.2, 0.25) is 0 Å². The first-order valence-electron chi connectivity index (χ1n) is 4.71. The molecule has 1 fully saturated rings. The Labute approximate surface area is 91.1 Å². The van der Waals surface area contributed by atoms with Crippen LogP contribution in [0, 0.1) is 0 Å². The van der Waals surface area contributed by atoms with Crippen LogP contribution in [-0.4, -0.2) is 35.1 Å². The monoisotopic (exact) mass is 222 g/mol. The summed E-state index contributed by atoms with van der Waals surface area (Å²) in [7, 11) is 0. The van der Waals surface area contributed by atoms with Crippen LogP contribution in [0.1, 0.15) is 0 Å². The average molecular weight is 222 g/mol. The standard InChI is InChI=1S/C10H10N2O4/c13-7-2-1-6(5-8(7)14)12-4-3-11-9(15)10(12)16/h1-2,5,13-14H,3-4H2,(H,11,15). The zero-order valence-electron chi connectivity index (χ0n) is 8.30. The number of phenols is 2. The molecule has 0 unspecified atom stereocenters. The molecule has 6 nitrogen and oxygen atoms in total.